The quantitative estimate of drug-likeness (QED) is 0.731. The lowest BCUT2D eigenvalue weighted by Gasteiger charge is -2.08. The van der Waals surface area contributed by atoms with E-state index in [1.54, 1.807) is 24.7 Å². The first-order chi connectivity index (χ1) is 11.7. The molecule has 2 aromatic heterocycles. The molecule has 0 saturated carbocycles. The molecule has 1 amide bonds. The summed E-state index contributed by atoms with van der Waals surface area (Å²) in [6.07, 6.45) is 8.28. The van der Waals surface area contributed by atoms with Crippen LogP contribution in [0.5, 0.6) is 0 Å². The highest BCUT2D eigenvalue weighted by molar-refractivity contribution is 5.94. The van der Waals surface area contributed by atoms with Crippen LogP contribution in [0.25, 0.3) is 0 Å². The van der Waals surface area contributed by atoms with Gasteiger partial charge in [0.25, 0.3) is 11.5 Å². The molecule has 0 aliphatic carbocycles. The monoisotopic (exact) mass is 323 g/mol. The molecule has 0 aliphatic heterocycles. The molecule has 0 fully saturated rings. The number of benzene rings is 1. The Bertz CT molecular complexity index is 853. The molecule has 0 radical (unpaired) electrons. The average molecular weight is 323 g/mol. The van der Waals surface area contributed by atoms with Gasteiger partial charge in [0.1, 0.15) is 0 Å². The zero-order chi connectivity index (χ0) is 16.8. The van der Waals surface area contributed by atoms with Gasteiger partial charge in [-0.15, -0.1) is 0 Å². The molecule has 3 aromatic rings. The minimum Gasteiger partial charge on any atom is -0.350 e. The van der Waals surface area contributed by atoms with Gasteiger partial charge < -0.3 is 9.88 Å². The number of carbonyl (C=O) groups excluding carboxylic acids is 1. The summed E-state index contributed by atoms with van der Waals surface area (Å²) in [5.41, 5.74) is 1.54. The SMILES string of the molecule is O=C(NCCn1cnccc1=O)c1ccc(Cn2ccnc2)cc1. The van der Waals surface area contributed by atoms with Crippen LogP contribution in [0.15, 0.2) is 66.4 Å². The predicted molar refractivity (Wildman–Crippen MR) is 88.6 cm³/mol. The van der Waals surface area contributed by atoms with Crippen molar-refractivity contribution in [1.82, 2.24) is 24.4 Å². The van der Waals surface area contributed by atoms with Crippen molar-refractivity contribution in [2.24, 2.45) is 0 Å². The normalized spacial score (nSPS) is 10.5. The number of carbonyl (C=O) groups is 1. The predicted octanol–water partition coefficient (Wildman–Crippen LogP) is 0.918. The molecule has 1 N–H and O–H groups in total. The highest BCUT2D eigenvalue weighted by Gasteiger charge is 2.05. The van der Waals surface area contributed by atoms with E-state index in [2.05, 4.69) is 15.3 Å². The third-order valence-electron chi connectivity index (χ3n) is 3.57. The van der Waals surface area contributed by atoms with Gasteiger partial charge >= 0.3 is 0 Å². The molecule has 0 unspecified atom stereocenters. The van der Waals surface area contributed by atoms with Gasteiger partial charge in [0.05, 0.1) is 12.7 Å². The molecule has 2 heterocycles. The van der Waals surface area contributed by atoms with E-state index in [9.17, 15) is 9.59 Å². The minimum atomic E-state index is -0.166. The molecule has 0 atom stereocenters. The van der Waals surface area contributed by atoms with E-state index in [0.717, 1.165) is 5.56 Å². The summed E-state index contributed by atoms with van der Waals surface area (Å²) in [5, 5.41) is 2.80. The van der Waals surface area contributed by atoms with Crippen LogP contribution < -0.4 is 10.9 Å². The van der Waals surface area contributed by atoms with Crippen LogP contribution in [0, 0.1) is 0 Å². The lowest BCUT2D eigenvalue weighted by Crippen LogP contribution is -2.30. The second kappa shape index (κ2) is 7.36. The first-order valence-electron chi connectivity index (χ1n) is 7.56. The second-order valence-corrected chi connectivity index (χ2v) is 5.30. The van der Waals surface area contributed by atoms with Crippen molar-refractivity contribution < 1.29 is 4.79 Å². The van der Waals surface area contributed by atoms with Crippen molar-refractivity contribution in [2.75, 3.05) is 6.54 Å². The molecule has 0 spiro atoms. The molecule has 7 nitrogen and oxygen atoms in total. The number of hydrogen-bond donors (Lipinski definition) is 1. The molecular formula is C17H17N5O2. The van der Waals surface area contributed by atoms with Gasteiger partial charge in [-0.1, -0.05) is 12.1 Å². The fraction of sp³-hybridized carbons (Fsp3) is 0.176. The molecule has 0 bridgehead atoms. The summed E-state index contributed by atoms with van der Waals surface area (Å²) >= 11 is 0. The fourth-order valence-corrected chi connectivity index (χ4v) is 2.29. The van der Waals surface area contributed by atoms with Crippen molar-refractivity contribution in [3.8, 4) is 0 Å². The van der Waals surface area contributed by atoms with Crippen LogP contribution in [0.2, 0.25) is 0 Å². The Kier molecular flexibility index (Phi) is 4.81. The highest BCUT2D eigenvalue weighted by Crippen LogP contribution is 2.06. The van der Waals surface area contributed by atoms with Crippen molar-refractivity contribution in [1.29, 1.82) is 0 Å². The van der Waals surface area contributed by atoms with E-state index in [4.69, 9.17) is 0 Å². The van der Waals surface area contributed by atoms with Gasteiger partial charge in [-0.2, -0.15) is 0 Å². The first-order valence-corrected chi connectivity index (χ1v) is 7.56. The van der Waals surface area contributed by atoms with E-state index in [-0.39, 0.29) is 11.5 Å². The lowest BCUT2D eigenvalue weighted by atomic mass is 10.1. The number of nitrogens with one attached hydrogen (secondary N) is 1. The minimum absolute atomic E-state index is 0.136. The van der Waals surface area contributed by atoms with Crippen molar-refractivity contribution in [3.05, 3.63) is 83.1 Å². The number of aromatic nitrogens is 4. The van der Waals surface area contributed by atoms with Crippen LogP contribution in [-0.4, -0.2) is 31.6 Å². The van der Waals surface area contributed by atoms with Gasteiger partial charge in [-0.3, -0.25) is 14.2 Å². The van der Waals surface area contributed by atoms with Crippen molar-refractivity contribution >= 4 is 5.91 Å². The van der Waals surface area contributed by atoms with Crippen molar-refractivity contribution in [3.63, 3.8) is 0 Å². The molecule has 122 valence electrons. The fourth-order valence-electron chi connectivity index (χ4n) is 2.29. The van der Waals surface area contributed by atoms with E-state index in [1.807, 2.05) is 22.9 Å². The Morgan fingerprint density at radius 2 is 1.83 bits per heavy atom. The Morgan fingerprint density at radius 1 is 1.04 bits per heavy atom. The van der Waals surface area contributed by atoms with E-state index < -0.39 is 0 Å². The number of rotatable bonds is 6. The maximum absolute atomic E-state index is 12.1. The highest BCUT2D eigenvalue weighted by atomic mass is 16.1. The summed E-state index contributed by atoms with van der Waals surface area (Å²) in [6, 6.07) is 8.80. The smallest absolute Gasteiger partial charge is 0.253 e. The standard InChI is InChI=1S/C17H17N5O2/c23-16-5-6-18-13-22(16)10-8-20-17(24)15-3-1-14(2-4-15)11-21-9-7-19-12-21/h1-7,9,12-13H,8,10-11H2,(H,20,24). The number of nitrogens with zero attached hydrogens (tertiary/aromatic N) is 4. The van der Waals surface area contributed by atoms with Crippen LogP contribution in [-0.2, 0) is 13.1 Å². The second-order valence-electron chi connectivity index (χ2n) is 5.30. The lowest BCUT2D eigenvalue weighted by molar-refractivity contribution is 0.0952. The summed E-state index contributed by atoms with van der Waals surface area (Å²) < 4.78 is 3.41. The van der Waals surface area contributed by atoms with Crippen LogP contribution >= 0.6 is 0 Å². The maximum atomic E-state index is 12.1. The molecule has 0 saturated heterocycles. The van der Waals surface area contributed by atoms with Crippen molar-refractivity contribution in [2.45, 2.75) is 13.1 Å². The van der Waals surface area contributed by atoms with Gasteiger partial charge in [0.2, 0.25) is 0 Å². The summed E-state index contributed by atoms with van der Waals surface area (Å²) in [5.74, 6) is -0.166. The Morgan fingerprint density at radius 3 is 2.54 bits per heavy atom. The summed E-state index contributed by atoms with van der Waals surface area (Å²) in [4.78, 5) is 31.5. The number of amides is 1. The van der Waals surface area contributed by atoms with Crippen LogP contribution in [0.4, 0.5) is 0 Å². The molecule has 0 aliphatic rings. The van der Waals surface area contributed by atoms with E-state index in [1.165, 1.54) is 23.2 Å². The Balaban J connectivity index is 1.53. The van der Waals surface area contributed by atoms with Gasteiger partial charge in [-0.05, 0) is 17.7 Å². The zero-order valence-corrected chi connectivity index (χ0v) is 13.0. The topological polar surface area (TPSA) is 81.8 Å². The third-order valence-corrected chi connectivity index (χ3v) is 3.57. The zero-order valence-electron chi connectivity index (χ0n) is 13.0. The third kappa shape index (κ3) is 3.95. The molecule has 3 rings (SSSR count). The summed E-state index contributed by atoms with van der Waals surface area (Å²) in [6.45, 7) is 1.46. The number of imidazole rings is 1. The Hall–Kier alpha value is -3.22. The molecule has 7 heteroatoms. The van der Waals surface area contributed by atoms with E-state index in [0.29, 0.717) is 25.2 Å². The van der Waals surface area contributed by atoms with Crippen LogP contribution in [0.3, 0.4) is 0 Å². The molecule has 1 aromatic carbocycles. The van der Waals surface area contributed by atoms with Gasteiger partial charge in [0, 0.05) is 49.9 Å². The first kappa shape index (κ1) is 15.7. The largest absolute Gasteiger partial charge is 0.350 e. The summed E-state index contributed by atoms with van der Waals surface area (Å²) in [7, 11) is 0. The number of hydrogen-bond acceptors (Lipinski definition) is 4. The van der Waals surface area contributed by atoms with E-state index >= 15 is 0 Å². The van der Waals surface area contributed by atoms with Gasteiger partial charge in [0.15, 0.2) is 0 Å². The average Bonchev–Trinajstić information content (AvgIpc) is 3.10. The maximum Gasteiger partial charge on any atom is 0.253 e. The Labute approximate surface area is 138 Å². The molecular weight excluding hydrogens is 306 g/mol. The van der Waals surface area contributed by atoms with Crippen LogP contribution in [0.1, 0.15) is 15.9 Å². The van der Waals surface area contributed by atoms with Gasteiger partial charge in [-0.25, -0.2) is 9.97 Å². The molecule has 24 heavy (non-hydrogen) atoms.